The zero-order chi connectivity index (χ0) is 9.97. The summed E-state index contributed by atoms with van der Waals surface area (Å²) in [5.74, 6) is 0.430. The fourth-order valence-corrected chi connectivity index (χ4v) is 3.43. The van der Waals surface area contributed by atoms with Gasteiger partial charge in [0.25, 0.3) is 0 Å². The maximum absolute atomic E-state index is 10.1. The van der Waals surface area contributed by atoms with Crippen molar-refractivity contribution in [1.29, 1.82) is 0 Å². The second-order valence-electron chi connectivity index (χ2n) is 3.98. The summed E-state index contributed by atoms with van der Waals surface area (Å²) in [4.78, 5) is 0.957. The fraction of sp³-hybridized carbons (Fsp3) is 0.636. The average Bonchev–Trinajstić information content (AvgIpc) is 2.65. The van der Waals surface area contributed by atoms with Gasteiger partial charge in [-0.3, -0.25) is 0 Å². The molecular formula is C11H15ClOS. The number of hydrogen-bond acceptors (Lipinski definition) is 2. The van der Waals surface area contributed by atoms with Gasteiger partial charge in [0.15, 0.2) is 0 Å². The van der Waals surface area contributed by atoms with Gasteiger partial charge in [0.05, 0.1) is 16.0 Å². The molecule has 0 radical (unpaired) electrons. The van der Waals surface area contributed by atoms with Gasteiger partial charge in [-0.15, -0.1) is 11.3 Å². The molecule has 0 aromatic carbocycles. The van der Waals surface area contributed by atoms with E-state index in [1.807, 2.05) is 11.4 Å². The predicted octanol–water partition coefficient (Wildman–Crippen LogP) is 4.02. The van der Waals surface area contributed by atoms with E-state index in [-0.39, 0.29) is 6.10 Å². The Kier molecular flexibility index (Phi) is 3.47. The molecule has 1 fully saturated rings. The Morgan fingerprint density at radius 1 is 1.36 bits per heavy atom. The van der Waals surface area contributed by atoms with Crippen LogP contribution >= 0.6 is 22.9 Å². The van der Waals surface area contributed by atoms with Gasteiger partial charge in [-0.25, -0.2) is 0 Å². The Labute approximate surface area is 93.7 Å². The molecule has 14 heavy (non-hydrogen) atoms. The number of rotatable bonds is 2. The third-order valence-electron chi connectivity index (χ3n) is 3.01. The molecule has 0 saturated heterocycles. The Hall–Kier alpha value is -0.0500. The zero-order valence-electron chi connectivity index (χ0n) is 8.08. The van der Waals surface area contributed by atoms with E-state index in [9.17, 15) is 5.11 Å². The second kappa shape index (κ2) is 4.65. The molecule has 1 aliphatic carbocycles. The minimum Gasteiger partial charge on any atom is -0.387 e. The maximum atomic E-state index is 10.1. The number of aliphatic hydroxyl groups is 1. The van der Waals surface area contributed by atoms with Crippen molar-refractivity contribution >= 4 is 22.9 Å². The first kappa shape index (κ1) is 10.5. The summed E-state index contributed by atoms with van der Waals surface area (Å²) < 4.78 is 0. The van der Waals surface area contributed by atoms with E-state index in [0.717, 1.165) is 22.7 Å². The Balaban J connectivity index is 2.07. The van der Waals surface area contributed by atoms with Crippen LogP contribution in [0.1, 0.15) is 43.1 Å². The molecule has 1 unspecified atom stereocenters. The van der Waals surface area contributed by atoms with E-state index in [2.05, 4.69) is 0 Å². The van der Waals surface area contributed by atoms with Gasteiger partial charge in [-0.1, -0.05) is 30.9 Å². The van der Waals surface area contributed by atoms with Crippen LogP contribution in [-0.4, -0.2) is 5.11 Å². The SMILES string of the molecule is OC(c1sccc1Cl)C1CCCCC1. The van der Waals surface area contributed by atoms with Crippen molar-refractivity contribution in [2.45, 2.75) is 38.2 Å². The molecular weight excluding hydrogens is 216 g/mol. The number of thiophene rings is 1. The summed E-state index contributed by atoms with van der Waals surface area (Å²) in [5.41, 5.74) is 0. The molecule has 0 amide bonds. The van der Waals surface area contributed by atoms with Gasteiger partial charge in [0, 0.05) is 0 Å². The zero-order valence-corrected chi connectivity index (χ0v) is 9.65. The summed E-state index contributed by atoms with van der Waals surface area (Å²) in [6.07, 6.45) is 5.80. The van der Waals surface area contributed by atoms with Crippen molar-refractivity contribution in [2.24, 2.45) is 5.92 Å². The quantitative estimate of drug-likeness (QED) is 0.814. The van der Waals surface area contributed by atoms with E-state index in [1.54, 1.807) is 11.3 Å². The van der Waals surface area contributed by atoms with Crippen LogP contribution in [0.25, 0.3) is 0 Å². The van der Waals surface area contributed by atoms with E-state index in [1.165, 1.54) is 19.3 Å². The summed E-state index contributed by atoms with van der Waals surface area (Å²) in [6.45, 7) is 0. The third-order valence-corrected chi connectivity index (χ3v) is 4.44. The number of aliphatic hydroxyl groups excluding tert-OH is 1. The van der Waals surface area contributed by atoms with Crippen LogP contribution in [0.3, 0.4) is 0 Å². The lowest BCUT2D eigenvalue weighted by Crippen LogP contribution is -2.15. The predicted molar refractivity (Wildman–Crippen MR) is 60.9 cm³/mol. The standard InChI is InChI=1S/C11H15ClOS/c12-9-6-7-14-11(9)10(13)8-4-2-1-3-5-8/h6-8,10,13H,1-5H2. The topological polar surface area (TPSA) is 20.2 Å². The van der Waals surface area contributed by atoms with Crippen molar-refractivity contribution in [3.63, 3.8) is 0 Å². The van der Waals surface area contributed by atoms with E-state index < -0.39 is 0 Å². The lowest BCUT2D eigenvalue weighted by Gasteiger charge is -2.26. The number of halogens is 1. The first-order chi connectivity index (χ1) is 6.79. The smallest absolute Gasteiger partial charge is 0.0924 e. The van der Waals surface area contributed by atoms with Crippen molar-refractivity contribution in [3.05, 3.63) is 21.3 Å². The summed E-state index contributed by atoms with van der Waals surface area (Å²) in [6, 6.07) is 1.87. The molecule has 1 N–H and O–H groups in total. The van der Waals surface area contributed by atoms with Crippen LogP contribution in [0, 0.1) is 5.92 Å². The third kappa shape index (κ3) is 2.13. The summed E-state index contributed by atoms with van der Waals surface area (Å²) in [7, 11) is 0. The Morgan fingerprint density at radius 3 is 2.64 bits per heavy atom. The van der Waals surface area contributed by atoms with Crippen LogP contribution in [0.15, 0.2) is 11.4 Å². The van der Waals surface area contributed by atoms with Gasteiger partial charge in [0.2, 0.25) is 0 Å². The molecule has 2 rings (SSSR count). The van der Waals surface area contributed by atoms with Crippen LogP contribution in [-0.2, 0) is 0 Å². The van der Waals surface area contributed by atoms with Gasteiger partial charge in [-0.05, 0) is 30.2 Å². The lowest BCUT2D eigenvalue weighted by atomic mass is 9.85. The molecule has 1 aromatic heterocycles. The first-order valence-corrected chi connectivity index (χ1v) is 6.46. The molecule has 1 atom stereocenters. The van der Waals surface area contributed by atoms with Crippen molar-refractivity contribution in [2.75, 3.05) is 0 Å². The highest BCUT2D eigenvalue weighted by Crippen LogP contribution is 2.39. The molecule has 1 saturated carbocycles. The molecule has 0 aliphatic heterocycles. The highest BCUT2D eigenvalue weighted by molar-refractivity contribution is 7.10. The molecule has 1 aliphatic rings. The van der Waals surface area contributed by atoms with Gasteiger partial charge >= 0.3 is 0 Å². The van der Waals surface area contributed by atoms with E-state index in [0.29, 0.717) is 5.92 Å². The maximum Gasteiger partial charge on any atom is 0.0924 e. The number of hydrogen-bond donors (Lipinski definition) is 1. The molecule has 3 heteroatoms. The minimum atomic E-state index is -0.331. The summed E-state index contributed by atoms with van der Waals surface area (Å²) in [5, 5.41) is 12.8. The van der Waals surface area contributed by atoms with Gasteiger partial charge < -0.3 is 5.11 Å². The van der Waals surface area contributed by atoms with Crippen molar-refractivity contribution in [3.8, 4) is 0 Å². The molecule has 1 heterocycles. The minimum absolute atomic E-state index is 0.331. The molecule has 0 spiro atoms. The Bertz CT molecular complexity index is 291. The second-order valence-corrected chi connectivity index (χ2v) is 5.33. The first-order valence-electron chi connectivity index (χ1n) is 5.20. The van der Waals surface area contributed by atoms with Crippen LogP contribution in [0.4, 0.5) is 0 Å². The molecule has 1 nitrogen and oxygen atoms in total. The summed E-state index contributed by atoms with van der Waals surface area (Å²) >= 11 is 7.57. The van der Waals surface area contributed by atoms with Gasteiger partial charge in [0.1, 0.15) is 0 Å². The van der Waals surface area contributed by atoms with Crippen molar-refractivity contribution < 1.29 is 5.11 Å². The van der Waals surface area contributed by atoms with Gasteiger partial charge in [-0.2, -0.15) is 0 Å². The van der Waals surface area contributed by atoms with Crippen LogP contribution in [0.5, 0.6) is 0 Å². The van der Waals surface area contributed by atoms with E-state index >= 15 is 0 Å². The molecule has 1 aromatic rings. The monoisotopic (exact) mass is 230 g/mol. The lowest BCUT2D eigenvalue weighted by molar-refractivity contribution is 0.0880. The fourth-order valence-electron chi connectivity index (χ4n) is 2.18. The highest BCUT2D eigenvalue weighted by Gasteiger charge is 2.25. The average molecular weight is 231 g/mol. The Morgan fingerprint density at radius 2 is 2.07 bits per heavy atom. The highest BCUT2D eigenvalue weighted by atomic mass is 35.5. The molecule has 0 bridgehead atoms. The van der Waals surface area contributed by atoms with E-state index in [4.69, 9.17) is 11.6 Å². The molecule has 78 valence electrons. The van der Waals surface area contributed by atoms with Crippen LogP contribution < -0.4 is 0 Å². The van der Waals surface area contributed by atoms with Crippen molar-refractivity contribution in [1.82, 2.24) is 0 Å². The normalized spacial score (nSPS) is 21.0. The largest absolute Gasteiger partial charge is 0.387 e. The van der Waals surface area contributed by atoms with Crippen LogP contribution in [0.2, 0.25) is 5.02 Å².